The monoisotopic (exact) mass is 438 g/mol. The lowest BCUT2D eigenvalue weighted by molar-refractivity contribution is 0.0880. The summed E-state index contributed by atoms with van der Waals surface area (Å²) in [7, 11) is 0. The number of hydrogen-bond acceptors (Lipinski definition) is 7. The van der Waals surface area contributed by atoms with Crippen LogP contribution in [0.5, 0.6) is 0 Å². The Morgan fingerprint density at radius 2 is 1.79 bits per heavy atom. The Labute approximate surface area is 187 Å². The van der Waals surface area contributed by atoms with E-state index in [2.05, 4.69) is 20.6 Å². The van der Waals surface area contributed by atoms with Gasteiger partial charge < -0.3 is 11.1 Å². The van der Waals surface area contributed by atoms with E-state index in [4.69, 9.17) is 5.73 Å². The second-order valence-corrected chi connectivity index (χ2v) is 7.53. The van der Waals surface area contributed by atoms with E-state index in [0.29, 0.717) is 22.9 Å². The fourth-order valence-electron chi connectivity index (χ4n) is 3.75. The number of imide groups is 1. The van der Waals surface area contributed by atoms with Gasteiger partial charge in [-0.25, -0.2) is 9.97 Å². The number of hydrogen-bond donors (Lipinski definition) is 3. The number of aromatic nitrogens is 3. The summed E-state index contributed by atoms with van der Waals surface area (Å²) in [5.74, 6) is -0.309. The van der Waals surface area contributed by atoms with Gasteiger partial charge in [0.15, 0.2) is 5.82 Å². The molecule has 4 N–H and O–H groups in total. The molecule has 2 amide bonds. The summed E-state index contributed by atoms with van der Waals surface area (Å²) in [5, 5.41) is 5.44. The summed E-state index contributed by atoms with van der Waals surface area (Å²) < 4.78 is 1.19. The molecule has 0 aliphatic carbocycles. The molecule has 3 heterocycles. The van der Waals surface area contributed by atoms with Gasteiger partial charge in [-0.15, -0.1) is 0 Å². The molecule has 1 aliphatic rings. The molecule has 0 saturated carbocycles. The fourth-order valence-corrected chi connectivity index (χ4v) is 3.75. The highest BCUT2D eigenvalue weighted by Crippen LogP contribution is 2.26. The van der Waals surface area contributed by atoms with Gasteiger partial charge in [0.05, 0.1) is 16.8 Å². The number of benzene rings is 2. The van der Waals surface area contributed by atoms with Gasteiger partial charge in [0, 0.05) is 23.5 Å². The molecule has 1 aliphatic heterocycles. The van der Waals surface area contributed by atoms with Crippen molar-refractivity contribution in [1.82, 2.24) is 19.9 Å². The van der Waals surface area contributed by atoms with Crippen LogP contribution in [-0.4, -0.2) is 26.3 Å². The van der Waals surface area contributed by atoms with Gasteiger partial charge in [0.1, 0.15) is 11.6 Å². The first kappa shape index (κ1) is 20.1. The van der Waals surface area contributed by atoms with Gasteiger partial charge in [-0.05, 0) is 36.8 Å². The number of para-hydroxylation sites is 1. The predicted octanol–water partition coefficient (Wildman–Crippen LogP) is 2.81. The Balaban J connectivity index is 1.55. The second kappa shape index (κ2) is 7.72. The third-order valence-electron chi connectivity index (χ3n) is 5.38. The van der Waals surface area contributed by atoms with Crippen molar-refractivity contribution < 1.29 is 9.59 Å². The van der Waals surface area contributed by atoms with Crippen molar-refractivity contribution in [1.29, 1.82) is 0 Å². The summed E-state index contributed by atoms with van der Waals surface area (Å²) >= 11 is 0. The molecular formula is C24H18N6O3. The Morgan fingerprint density at radius 3 is 2.61 bits per heavy atom. The molecule has 0 spiro atoms. The van der Waals surface area contributed by atoms with Gasteiger partial charge in [-0.3, -0.25) is 24.3 Å². The molecule has 0 unspecified atom stereocenters. The number of aryl methyl sites for hydroxylation is 1. The third-order valence-corrected chi connectivity index (χ3v) is 5.38. The minimum atomic E-state index is -0.633. The Kier molecular flexibility index (Phi) is 4.71. The van der Waals surface area contributed by atoms with E-state index in [0.717, 1.165) is 17.3 Å². The lowest BCUT2D eigenvalue weighted by Gasteiger charge is -2.13. The molecular weight excluding hydrogens is 420 g/mol. The lowest BCUT2D eigenvalue weighted by Crippen LogP contribution is -2.24. The first-order chi connectivity index (χ1) is 15.9. The van der Waals surface area contributed by atoms with Crippen LogP contribution in [0.1, 0.15) is 26.3 Å². The van der Waals surface area contributed by atoms with Crippen LogP contribution in [0.25, 0.3) is 17.1 Å². The van der Waals surface area contributed by atoms with E-state index < -0.39 is 17.4 Å². The maximum absolute atomic E-state index is 12.7. The Hall–Kier alpha value is -4.79. The van der Waals surface area contributed by atoms with Gasteiger partial charge in [0.2, 0.25) is 0 Å². The number of fused-ring (bicyclic) bond motifs is 1. The third kappa shape index (κ3) is 3.51. The first-order valence-corrected chi connectivity index (χ1v) is 10.1. The number of amides is 2. The van der Waals surface area contributed by atoms with Crippen LogP contribution >= 0.6 is 0 Å². The van der Waals surface area contributed by atoms with E-state index in [-0.39, 0.29) is 16.9 Å². The van der Waals surface area contributed by atoms with Gasteiger partial charge in [0.25, 0.3) is 17.4 Å². The molecule has 162 valence electrons. The minimum Gasteiger partial charge on any atom is -0.384 e. The second-order valence-electron chi connectivity index (χ2n) is 7.53. The average Bonchev–Trinajstić information content (AvgIpc) is 3.09. The van der Waals surface area contributed by atoms with E-state index in [1.807, 2.05) is 31.2 Å². The summed E-state index contributed by atoms with van der Waals surface area (Å²) in [6.07, 6.45) is 1.64. The van der Waals surface area contributed by atoms with Crippen molar-refractivity contribution >= 4 is 29.1 Å². The van der Waals surface area contributed by atoms with E-state index in [9.17, 15) is 14.4 Å². The van der Waals surface area contributed by atoms with Crippen LogP contribution in [0.2, 0.25) is 0 Å². The minimum absolute atomic E-state index is 0.00863. The largest absolute Gasteiger partial charge is 0.384 e. The van der Waals surface area contributed by atoms with Gasteiger partial charge >= 0.3 is 0 Å². The summed E-state index contributed by atoms with van der Waals surface area (Å²) in [4.78, 5) is 45.7. The lowest BCUT2D eigenvalue weighted by atomic mass is 10.1. The highest BCUT2D eigenvalue weighted by atomic mass is 16.2. The van der Waals surface area contributed by atoms with Crippen LogP contribution in [0.3, 0.4) is 0 Å². The highest BCUT2D eigenvalue weighted by Gasteiger charge is 2.31. The van der Waals surface area contributed by atoms with Crippen LogP contribution in [-0.2, 0) is 0 Å². The molecule has 9 nitrogen and oxygen atoms in total. The van der Waals surface area contributed by atoms with E-state index >= 15 is 0 Å². The number of pyridine rings is 1. The van der Waals surface area contributed by atoms with Crippen molar-refractivity contribution in [2.24, 2.45) is 0 Å². The van der Waals surface area contributed by atoms with Crippen molar-refractivity contribution in [3.63, 3.8) is 0 Å². The number of carbonyl (C=O) groups is 2. The van der Waals surface area contributed by atoms with Gasteiger partial charge in [-0.1, -0.05) is 30.3 Å². The van der Waals surface area contributed by atoms with Crippen LogP contribution < -0.4 is 21.9 Å². The smallest absolute Gasteiger partial charge is 0.262 e. The average molecular weight is 438 g/mol. The number of nitrogens with zero attached hydrogens (tertiary/aromatic N) is 3. The molecule has 2 aromatic heterocycles. The number of carbonyl (C=O) groups excluding carboxylic acids is 2. The Bertz CT molecular complexity index is 1510. The van der Waals surface area contributed by atoms with Crippen LogP contribution in [0, 0.1) is 6.92 Å². The zero-order valence-corrected chi connectivity index (χ0v) is 17.5. The summed E-state index contributed by atoms with van der Waals surface area (Å²) in [6.45, 7) is 2.00. The number of nitrogens with two attached hydrogens (primary N) is 1. The maximum Gasteiger partial charge on any atom is 0.262 e. The Morgan fingerprint density at radius 1 is 0.970 bits per heavy atom. The zero-order valence-electron chi connectivity index (χ0n) is 17.5. The van der Waals surface area contributed by atoms with E-state index in [1.165, 1.54) is 4.57 Å². The molecule has 9 heteroatoms. The van der Waals surface area contributed by atoms with Crippen LogP contribution in [0.4, 0.5) is 17.3 Å². The standard InChI is InChI=1S/C24H18N6O3/c1-13-5-2-3-8-17(13)27-18-9-10-26-22(28-18)14-6-4-7-15(11-14)30-19(31)12-16-20(21(30)25)24(33)29-23(16)32/h2-12H,25H2,1H3,(H,26,27,28)(H,29,32,33). The predicted molar refractivity (Wildman–Crippen MR) is 124 cm³/mol. The molecule has 4 aromatic rings. The van der Waals surface area contributed by atoms with Crippen molar-refractivity contribution in [2.75, 3.05) is 11.1 Å². The molecule has 2 aromatic carbocycles. The van der Waals surface area contributed by atoms with Crippen molar-refractivity contribution in [2.45, 2.75) is 6.92 Å². The molecule has 33 heavy (non-hydrogen) atoms. The summed E-state index contributed by atoms with van der Waals surface area (Å²) in [5.41, 5.74) is 8.67. The first-order valence-electron chi connectivity index (χ1n) is 10.1. The number of anilines is 3. The highest BCUT2D eigenvalue weighted by molar-refractivity contribution is 6.23. The number of nitrogens with one attached hydrogen (secondary N) is 2. The SMILES string of the molecule is Cc1ccccc1Nc1ccnc(-c2cccc(-n3c(N)c4c(cc3=O)C(=O)NC4=O)c2)n1. The fraction of sp³-hybridized carbons (Fsp3) is 0.0417. The maximum atomic E-state index is 12.7. The normalized spacial score (nSPS) is 12.4. The van der Waals surface area contributed by atoms with Crippen LogP contribution in [0.15, 0.2) is 71.7 Å². The molecule has 0 atom stereocenters. The quantitative estimate of drug-likeness (QED) is 0.417. The zero-order chi connectivity index (χ0) is 23.1. The van der Waals surface area contributed by atoms with Crippen molar-refractivity contribution in [3.05, 3.63) is 93.9 Å². The topological polar surface area (TPSA) is 132 Å². The van der Waals surface area contributed by atoms with Crippen molar-refractivity contribution in [3.8, 4) is 17.1 Å². The number of rotatable bonds is 4. The molecule has 0 bridgehead atoms. The molecule has 0 radical (unpaired) electrons. The molecule has 5 rings (SSSR count). The summed E-state index contributed by atoms with van der Waals surface area (Å²) in [6, 6.07) is 17.7. The van der Waals surface area contributed by atoms with Gasteiger partial charge in [-0.2, -0.15) is 0 Å². The molecule has 0 fully saturated rings. The molecule has 0 saturated heterocycles. The number of nitrogen functional groups attached to an aromatic ring is 1. The van der Waals surface area contributed by atoms with E-state index in [1.54, 1.807) is 36.5 Å².